The Labute approximate surface area is 208 Å². The lowest BCUT2D eigenvalue weighted by molar-refractivity contribution is -0.112. The highest BCUT2D eigenvalue weighted by Crippen LogP contribution is 2.27. The zero-order valence-electron chi connectivity index (χ0n) is 19.0. The largest absolute Gasteiger partial charge is 0.366 e. The van der Waals surface area contributed by atoms with E-state index in [4.69, 9.17) is 5.73 Å². The first-order chi connectivity index (χ1) is 17.4. The van der Waals surface area contributed by atoms with Crippen LogP contribution >= 0.6 is 0 Å². The fourth-order valence-corrected chi connectivity index (χ4v) is 4.97. The number of nitrogens with one attached hydrogen (secondary N) is 2. The minimum Gasteiger partial charge on any atom is -0.366 e. The molecule has 4 N–H and O–H groups in total. The highest BCUT2D eigenvalue weighted by Gasteiger charge is 2.16. The highest BCUT2D eigenvalue weighted by atomic mass is 32.2. The van der Waals surface area contributed by atoms with Gasteiger partial charge in [-0.1, -0.05) is 72.8 Å². The number of nitrogens with zero attached hydrogens (tertiary/aromatic N) is 1. The van der Waals surface area contributed by atoms with Crippen molar-refractivity contribution in [2.75, 3.05) is 4.72 Å². The second-order valence-corrected chi connectivity index (χ2v) is 9.83. The van der Waals surface area contributed by atoms with Crippen LogP contribution in [0.1, 0.15) is 11.1 Å². The van der Waals surface area contributed by atoms with Crippen LogP contribution in [0, 0.1) is 0 Å². The van der Waals surface area contributed by atoms with Gasteiger partial charge in [0, 0.05) is 22.7 Å². The van der Waals surface area contributed by atoms with Crippen molar-refractivity contribution in [1.29, 1.82) is 0 Å². The summed E-state index contributed by atoms with van der Waals surface area (Å²) in [7, 11) is -3.85. The molecule has 0 unspecified atom stereocenters. The molecule has 0 spiro atoms. The Morgan fingerprint density at radius 3 is 2.19 bits per heavy atom. The maximum Gasteiger partial charge on any atom is 0.261 e. The van der Waals surface area contributed by atoms with E-state index in [1.54, 1.807) is 54.7 Å². The van der Waals surface area contributed by atoms with Gasteiger partial charge in [-0.25, -0.2) is 13.4 Å². The van der Waals surface area contributed by atoms with E-state index in [1.165, 1.54) is 6.20 Å². The summed E-state index contributed by atoms with van der Waals surface area (Å²) < 4.78 is 28.7. The summed E-state index contributed by atoms with van der Waals surface area (Å²) in [6, 6.07) is 27.2. The summed E-state index contributed by atoms with van der Waals surface area (Å²) in [6.45, 7) is 0. The zero-order valence-corrected chi connectivity index (χ0v) is 19.9. The van der Waals surface area contributed by atoms with E-state index in [0.717, 1.165) is 11.1 Å². The first kappa shape index (κ1) is 23.1. The van der Waals surface area contributed by atoms with Crippen molar-refractivity contribution in [1.82, 2.24) is 9.97 Å². The fraction of sp³-hybridized carbons (Fsp3) is 0. The molecule has 0 atom stereocenters. The Morgan fingerprint density at radius 2 is 1.53 bits per heavy atom. The van der Waals surface area contributed by atoms with E-state index < -0.39 is 15.9 Å². The summed E-state index contributed by atoms with van der Waals surface area (Å²) >= 11 is 0. The number of hydrogen-bond donors (Lipinski definition) is 3. The molecule has 0 bridgehead atoms. The van der Waals surface area contributed by atoms with Gasteiger partial charge in [0.1, 0.15) is 5.65 Å². The van der Waals surface area contributed by atoms with Gasteiger partial charge in [0.05, 0.1) is 16.8 Å². The number of aromatic amines is 1. The van der Waals surface area contributed by atoms with Gasteiger partial charge in [-0.3, -0.25) is 9.52 Å². The molecule has 8 heteroatoms. The fourth-order valence-electron chi connectivity index (χ4n) is 3.94. The number of sulfonamides is 1. The molecule has 5 aromatic rings. The van der Waals surface area contributed by atoms with E-state index >= 15 is 0 Å². The van der Waals surface area contributed by atoms with Gasteiger partial charge >= 0.3 is 0 Å². The molecule has 0 aliphatic carbocycles. The number of amides is 1. The lowest BCUT2D eigenvalue weighted by Gasteiger charge is -2.09. The Morgan fingerprint density at radius 1 is 0.889 bits per heavy atom. The molecule has 0 radical (unpaired) electrons. The van der Waals surface area contributed by atoms with Crippen molar-refractivity contribution in [3.05, 3.63) is 115 Å². The topological polar surface area (TPSA) is 118 Å². The number of hydrogen-bond acceptors (Lipinski definition) is 4. The maximum atomic E-state index is 13.0. The molecule has 2 aromatic heterocycles. The van der Waals surface area contributed by atoms with Gasteiger partial charge in [-0.2, -0.15) is 0 Å². The molecule has 36 heavy (non-hydrogen) atoms. The first-order valence-corrected chi connectivity index (χ1v) is 12.6. The number of benzene rings is 3. The van der Waals surface area contributed by atoms with Crippen molar-refractivity contribution >= 4 is 44.3 Å². The van der Waals surface area contributed by atoms with Crippen molar-refractivity contribution in [2.45, 2.75) is 4.90 Å². The standard InChI is InChI=1S/C28H22N4O3S/c29-27(33)25(21-9-5-2-6-10-21)15-22-17-30-28-26(22)16-23(18-31-28)32-36(34,35)24-13-11-20(12-14-24)19-7-3-1-4-8-19/h1-18,32H,(H2,29,33)(H,30,31)/b25-15+. The summed E-state index contributed by atoms with van der Waals surface area (Å²) in [5.41, 5.74) is 10.1. The number of pyridine rings is 1. The molecule has 0 saturated carbocycles. The second kappa shape index (κ2) is 9.52. The number of nitrogens with two attached hydrogens (primary N) is 1. The number of aromatic nitrogens is 2. The molecule has 7 nitrogen and oxygen atoms in total. The molecule has 2 heterocycles. The average molecular weight is 495 g/mol. The Kier molecular flexibility index (Phi) is 6.10. The summed E-state index contributed by atoms with van der Waals surface area (Å²) in [4.78, 5) is 19.6. The number of H-pyrrole nitrogens is 1. The summed E-state index contributed by atoms with van der Waals surface area (Å²) in [5.74, 6) is -0.570. The number of fused-ring (bicyclic) bond motifs is 1. The number of anilines is 1. The average Bonchev–Trinajstić information content (AvgIpc) is 3.30. The molecule has 0 fully saturated rings. The molecule has 0 aliphatic heterocycles. The molecule has 1 amide bonds. The zero-order chi connectivity index (χ0) is 25.1. The normalized spacial score (nSPS) is 11.9. The van der Waals surface area contributed by atoms with Crippen LogP contribution in [0.25, 0.3) is 33.8 Å². The van der Waals surface area contributed by atoms with E-state index in [0.29, 0.717) is 33.4 Å². The number of carbonyl (C=O) groups is 1. The number of primary amides is 1. The van der Waals surface area contributed by atoms with Crippen molar-refractivity contribution in [3.63, 3.8) is 0 Å². The third-order valence-electron chi connectivity index (χ3n) is 5.74. The number of carbonyl (C=O) groups excluding carboxylic acids is 1. The van der Waals surface area contributed by atoms with Crippen molar-refractivity contribution in [3.8, 4) is 11.1 Å². The van der Waals surface area contributed by atoms with Crippen LogP contribution in [0.2, 0.25) is 0 Å². The molecule has 178 valence electrons. The van der Waals surface area contributed by atoms with Crippen molar-refractivity contribution in [2.24, 2.45) is 5.73 Å². The lowest BCUT2D eigenvalue weighted by Crippen LogP contribution is -2.13. The van der Waals surface area contributed by atoms with Gasteiger partial charge in [-0.05, 0) is 41.0 Å². The lowest BCUT2D eigenvalue weighted by atomic mass is 10.0. The number of rotatable bonds is 7. The minimum atomic E-state index is -3.85. The molecule has 0 saturated heterocycles. The van der Waals surface area contributed by atoms with Crippen LogP contribution in [-0.2, 0) is 14.8 Å². The summed E-state index contributed by atoms with van der Waals surface area (Å²) in [5, 5.41) is 0.643. The van der Waals surface area contributed by atoms with E-state index in [9.17, 15) is 13.2 Å². The summed E-state index contributed by atoms with van der Waals surface area (Å²) in [6.07, 6.45) is 4.80. The molecule has 0 aliphatic rings. The quantitative estimate of drug-likeness (QED) is 0.274. The smallest absolute Gasteiger partial charge is 0.261 e. The van der Waals surface area contributed by atoms with Gasteiger partial charge in [0.15, 0.2) is 0 Å². The van der Waals surface area contributed by atoms with Crippen LogP contribution in [0.4, 0.5) is 5.69 Å². The monoisotopic (exact) mass is 494 g/mol. The van der Waals surface area contributed by atoms with Gasteiger partial charge in [0.25, 0.3) is 10.0 Å². The van der Waals surface area contributed by atoms with Gasteiger partial charge < -0.3 is 10.7 Å². The first-order valence-electron chi connectivity index (χ1n) is 11.1. The Hall–Kier alpha value is -4.69. The van der Waals surface area contributed by atoms with E-state index in [-0.39, 0.29) is 4.90 Å². The molecule has 3 aromatic carbocycles. The Balaban J connectivity index is 1.45. The van der Waals surface area contributed by atoms with Gasteiger partial charge in [0.2, 0.25) is 5.91 Å². The maximum absolute atomic E-state index is 13.0. The predicted molar refractivity (Wildman–Crippen MR) is 142 cm³/mol. The SMILES string of the molecule is NC(=O)/C(=C/c1c[nH]c2ncc(NS(=O)(=O)c3ccc(-c4ccccc4)cc3)cc12)c1ccccc1. The second-order valence-electron chi connectivity index (χ2n) is 8.15. The van der Waals surface area contributed by atoms with Crippen LogP contribution in [0.15, 0.2) is 108 Å². The molecular weight excluding hydrogens is 472 g/mol. The van der Waals surface area contributed by atoms with Crippen LogP contribution in [-0.4, -0.2) is 24.3 Å². The van der Waals surface area contributed by atoms with E-state index in [1.807, 2.05) is 48.5 Å². The van der Waals surface area contributed by atoms with Crippen molar-refractivity contribution < 1.29 is 13.2 Å². The van der Waals surface area contributed by atoms with Gasteiger partial charge in [-0.15, -0.1) is 0 Å². The third kappa shape index (κ3) is 4.75. The minimum absolute atomic E-state index is 0.136. The van der Waals surface area contributed by atoms with E-state index in [2.05, 4.69) is 14.7 Å². The predicted octanol–water partition coefficient (Wildman–Crippen LogP) is 5.06. The Bertz CT molecular complexity index is 1680. The highest BCUT2D eigenvalue weighted by molar-refractivity contribution is 7.92. The van der Waals surface area contributed by atoms with Crippen LogP contribution in [0.5, 0.6) is 0 Å². The molecule has 5 rings (SSSR count). The molecular formula is C28H22N4O3S. The third-order valence-corrected chi connectivity index (χ3v) is 7.13. The van der Waals surface area contributed by atoms with Crippen LogP contribution < -0.4 is 10.5 Å². The van der Waals surface area contributed by atoms with Crippen LogP contribution in [0.3, 0.4) is 0 Å².